The summed E-state index contributed by atoms with van der Waals surface area (Å²) < 4.78 is 0. The molecule has 0 aliphatic carbocycles. The van der Waals surface area contributed by atoms with E-state index in [4.69, 9.17) is 5.73 Å². The van der Waals surface area contributed by atoms with Crippen molar-refractivity contribution in [2.45, 2.75) is 0 Å². The first-order valence-corrected chi connectivity index (χ1v) is 6.35. The fourth-order valence-corrected chi connectivity index (χ4v) is 1.73. The standard InChI is InChI=1S/C15H16N4O2/c1-17-15(21)19-11-8-6-10(7-9-11)18-14(20)12-4-2-3-5-13(12)16/h2-9H,16H2,1H3,(H,18,20)(H2,17,19,21). The number of nitrogens with one attached hydrogen (secondary N) is 3. The van der Waals surface area contributed by atoms with Crippen LogP contribution in [0.15, 0.2) is 48.5 Å². The van der Waals surface area contributed by atoms with Gasteiger partial charge in [0.05, 0.1) is 5.56 Å². The van der Waals surface area contributed by atoms with Gasteiger partial charge in [0.1, 0.15) is 0 Å². The fourth-order valence-electron chi connectivity index (χ4n) is 1.73. The number of urea groups is 1. The van der Waals surface area contributed by atoms with Crippen LogP contribution in [0, 0.1) is 0 Å². The molecule has 0 atom stereocenters. The lowest BCUT2D eigenvalue weighted by atomic mass is 10.1. The molecule has 6 nitrogen and oxygen atoms in total. The molecule has 2 aromatic carbocycles. The van der Waals surface area contributed by atoms with Gasteiger partial charge >= 0.3 is 6.03 Å². The summed E-state index contributed by atoms with van der Waals surface area (Å²) in [5.74, 6) is -0.278. The molecular weight excluding hydrogens is 268 g/mol. The van der Waals surface area contributed by atoms with E-state index in [2.05, 4.69) is 16.0 Å². The number of benzene rings is 2. The van der Waals surface area contributed by atoms with Crippen molar-refractivity contribution in [3.63, 3.8) is 0 Å². The van der Waals surface area contributed by atoms with Crippen molar-refractivity contribution in [2.24, 2.45) is 0 Å². The van der Waals surface area contributed by atoms with Crippen LogP contribution in [0.25, 0.3) is 0 Å². The molecule has 0 bridgehead atoms. The summed E-state index contributed by atoms with van der Waals surface area (Å²) in [6.45, 7) is 0. The minimum absolute atomic E-state index is 0.278. The van der Waals surface area contributed by atoms with Gasteiger partial charge in [-0.3, -0.25) is 4.79 Å². The fraction of sp³-hybridized carbons (Fsp3) is 0.0667. The SMILES string of the molecule is CNC(=O)Nc1ccc(NC(=O)c2ccccc2N)cc1. The predicted molar refractivity (Wildman–Crippen MR) is 83.3 cm³/mol. The van der Waals surface area contributed by atoms with Crippen molar-refractivity contribution in [1.82, 2.24) is 5.32 Å². The molecule has 0 saturated heterocycles. The molecule has 2 aromatic rings. The van der Waals surface area contributed by atoms with Crippen molar-refractivity contribution in [3.8, 4) is 0 Å². The zero-order valence-electron chi connectivity index (χ0n) is 11.5. The van der Waals surface area contributed by atoms with Gasteiger partial charge in [-0.25, -0.2) is 4.79 Å². The third-order valence-corrected chi connectivity index (χ3v) is 2.83. The number of hydrogen-bond donors (Lipinski definition) is 4. The number of carbonyl (C=O) groups excluding carboxylic acids is 2. The zero-order chi connectivity index (χ0) is 15.2. The number of carbonyl (C=O) groups is 2. The van der Waals surface area contributed by atoms with Crippen LogP contribution in [0.1, 0.15) is 10.4 Å². The molecular formula is C15H16N4O2. The van der Waals surface area contributed by atoms with Gasteiger partial charge < -0.3 is 21.7 Å². The molecule has 0 radical (unpaired) electrons. The summed E-state index contributed by atoms with van der Waals surface area (Å²) in [6, 6.07) is 13.3. The quantitative estimate of drug-likeness (QED) is 0.651. The molecule has 0 spiro atoms. The Morgan fingerprint density at radius 1 is 0.905 bits per heavy atom. The summed E-state index contributed by atoms with van der Waals surface area (Å²) in [5, 5.41) is 7.83. The Kier molecular flexibility index (Phi) is 4.40. The Morgan fingerprint density at radius 3 is 2.05 bits per heavy atom. The Hall–Kier alpha value is -3.02. The van der Waals surface area contributed by atoms with E-state index in [1.54, 1.807) is 48.5 Å². The molecule has 2 rings (SSSR count). The van der Waals surface area contributed by atoms with Crippen LogP contribution in [0.4, 0.5) is 21.9 Å². The minimum atomic E-state index is -0.302. The molecule has 0 aromatic heterocycles. The predicted octanol–water partition coefficient (Wildman–Crippen LogP) is 2.27. The smallest absolute Gasteiger partial charge is 0.318 e. The number of hydrogen-bond acceptors (Lipinski definition) is 3. The number of para-hydroxylation sites is 1. The lowest BCUT2D eigenvalue weighted by Gasteiger charge is -2.09. The highest BCUT2D eigenvalue weighted by Crippen LogP contribution is 2.16. The number of nitrogen functional groups attached to an aromatic ring is 1. The third-order valence-electron chi connectivity index (χ3n) is 2.83. The first kappa shape index (κ1) is 14.4. The number of amides is 3. The largest absolute Gasteiger partial charge is 0.398 e. The van der Waals surface area contributed by atoms with Crippen molar-refractivity contribution >= 4 is 29.0 Å². The zero-order valence-corrected chi connectivity index (χ0v) is 11.5. The number of anilines is 3. The first-order chi connectivity index (χ1) is 10.1. The molecule has 0 saturated carbocycles. The van der Waals surface area contributed by atoms with E-state index in [1.807, 2.05) is 0 Å². The monoisotopic (exact) mass is 284 g/mol. The second-order valence-electron chi connectivity index (χ2n) is 4.32. The van der Waals surface area contributed by atoms with Gasteiger partial charge in [-0.15, -0.1) is 0 Å². The van der Waals surface area contributed by atoms with Crippen molar-refractivity contribution in [2.75, 3.05) is 23.4 Å². The summed E-state index contributed by atoms with van der Waals surface area (Å²) in [7, 11) is 1.54. The Balaban J connectivity index is 2.05. The van der Waals surface area contributed by atoms with Crippen LogP contribution < -0.4 is 21.7 Å². The lowest BCUT2D eigenvalue weighted by molar-refractivity contribution is 0.102. The van der Waals surface area contributed by atoms with Gasteiger partial charge in [-0.05, 0) is 36.4 Å². The number of rotatable bonds is 3. The van der Waals surface area contributed by atoms with E-state index >= 15 is 0 Å². The Morgan fingerprint density at radius 2 is 1.48 bits per heavy atom. The average molecular weight is 284 g/mol. The molecule has 0 heterocycles. The second kappa shape index (κ2) is 6.42. The van der Waals surface area contributed by atoms with Crippen LogP contribution in [-0.4, -0.2) is 19.0 Å². The maximum absolute atomic E-state index is 12.1. The summed E-state index contributed by atoms with van der Waals surface area (Å²) in [6.07, 6.45) is 0. The van der Waals surface area contributed by atoms with Crippen LogP contribution >= 0.6 is 0 Å². The molecule has 0 aliphatic rings. The molecule has 21 heavy (non-hydrogen) atoms. The summed E-state index contributed by atoms with van der Waals surface area (Å²) in [5.41, 5.74) is 7.85. The van der Waals surface area contributed by atoms with E-state index in [0.29, 0.717) is 22.6 Å². The van der Waals surface area contributed by atoms with E-state index < -0.39 is 0 Å². The number of nitrogens with two attached hydrogens (primary N) is 1. The topological polar surface area (TPSA) is 96.2 Å². The average Bonchev–Trinajstić information content (AvgIpc) is 2.49. The van der Waals surface area contributed by atoms with Crippen molar-refractivity contribution in [1.29, 1.82) is 0 Å². The van der Waals surface area contributed by atoms with Gasteiger partial charge in [-0.2, -0.15) is 0 Å². The maximum atomic E-state index is 12.1. The van der Waals surface area contributed by atoms with E-state index in [9.17, 15) is 9.59 Å². The van der Waals surface area contributed by atoms with Gasteiger partial charge in [0.15, 0.2) is 0 Å². The molecule has 108 valence electrons. The summed E-state index contributed by atoms with van der Waals surface area (Å²) >= 11 is 0. The van der Waals surface area contributed by atoms with Crippen LogP contribution in [-0.2, 0) is 0 Å². The van der Waals surface area contributed by atoms with Crippen LogP contribution in [0.3, 0.4) is 0 Å². The molecule has 3 amide bonds. The first-order valence-electron chi connectivity index (χ1n) is 6.35. The molecule has 5 N–H and O–H groups in total. The molecule has 6 heteroatoms. The van der Waals surface area contributed by atoms with E-state index in [1.165, 1.54) is 7.05 Å². The Labute approximate surface area is 122 Å². The Bertz CT molecular complexity index is 653. The van der Waals surface area contributed by atoms with Gasteiger partial charge in [0.2, 0.25) is 0 Å². The van der Waals surface area contributed by atoms with Crippen molar-refractivity contribution < 1.29 is 9.59 Å². The summed E-state index contributed by atoms with van der Waals surface area (Å²) in [4.78, 5) is 23.2. The highest BCUT2D eigenvalue weighted by atomic mass is 16.2. The van der Waals surface area contributed by atoms with Gasteiger partial charge in [-0.1, -0.05) is 12.1 Å². The third kappa shape index (κ3) is 3.73. The van der Waals surface area contributed by atoms with Crippen LogP contribution in [0.2, 0.25) is 0 Å². The maximum Gasteiger partial charge on any atom is 0.318 e. The van der Waals surface area contributed by atoms with Gasteiger partial charge in [0, 0.05) is 24.1 Å². The van der Waals surface area contributed by atoms with E-state index in [0.717, 1.165) is 0 Å². The lowest BCUT2D eigenvalue weighted by Crippen LogP contribution is -2.24. The van der Waals surface area contributed by atoms with Crippen molar-refractivity contribution in [3.05, 3.63) is 54.1 Å². The second-order valence-corrected chi connectivity index (χ2v) is 4.32. The van der Waals surface area contributed by atoms with Gasteiger partial charge in [0.25, 0.3) is 5.91 Å². The highest BCUT2D eigenvalue weighted by Gasteiger charge is 2.09. The minimum Gasteiger partial charge on any atom is -0.398 e. The molecule has 0 unspecified atom stereocenters. The van der Waals surface area contributed by atoms with Crippen LogP contribution in [0.5, 0.6) is 0 Å². The molecule has 0 fully saturated rings. The normalized spacial score (nSPS) is 9.76. The van der Waals surface area contributed by atoms with E-state index in [-0.39, 0.29) is 11.9 Å². The highest BCUT2D eigenvalue weighted by molar-refractivity contribution is 6.07. The molecule has 0 aliphatic heterocycles.